The molecule has 1 aromatic rings. The molecule has 12 heavy (non-hydrogen) atoms. The molecule has 0 saturated carbocycles. The Labute approximate surface area is 89.6 Å². The van der Waals surface area contributed by atoms with E-state index in [2.05, 4.69) is 57.7 Å². The lowest BCUT2D eigenvalue weighted by atomic mass is 9.92. The third-order valence-corrected chi connectivity index (χ3v) is 3.50. The third kappa shape index (κ3) is 1.74. The second-order valence-electron chi connectivity index (χ2n) is 3.83. The van der Waals surface area contributed by atoms with Gasteiger partial charge in [-0.05, 0) is 31.9 Å². The zero-order chi connectivity index (χ0) is 9.52. The fourth-order valence-electron chi connectivity index (χ4n) is 1.28. The molecule has 1 aromatic heterocycles. The predicted molar refractivity (Wildman–Crippen MR) is 57.3 cm³/mol. The van der Waals surface area contributed by atoms with E-state index in [9.17, 15) is 0 Å². The van der Waals surface area contributed by atoms with Crippen LogP contribution in [0.15, 0.2) is 9.08 Å². The molecule has 0 spiro atoms. The van der Waals surface area contributed by atoms with Crippen molar-refractivity contribution in [2.75, 3.05) is 0 Å². The molecule has 0 unspecified atom stereocenters. The molecule has 0 fully saturated rings. The van der Waals surface area contributed by atoms with E-state index >= 15 is 0 Å². The van der Waals surface area contributed by atoms with Crippen LogP contribution in [0.5, 0.6) is 0 Å². The van der Waals surface area contributed by atoms with E-state index in [4.69, 9.17) is 0 Å². The Kier molecular flexibility index (Phi) is 2.69. The number of aryl methyl sites for hydroxylation is 1. The maximum atomic E-state index is 4.26. The summed E-state index contributed by atoms with van der Waals surface area (Å²) in [5, 5.41) is 4.26. The molecule has 0 amide bonds. The summed E-state index contributed by atoms with van der Waals surface area (Å²) in [5.74, 6) is 0. The Balaban J connectivity index is 3.32. The van der Waals surface area contributed by atoms with Crippen molar-refractivity contribution >= 4 is 31.9 Å². The van der Waals surface area contributed by atoms with Crippen molar-refractivity contribution in [2.24, 2.45) is 7.05 Å². The first-order valence-corrected chi connectivity index (χ1v) is 5.31. The molecule has 0 aliphatic carbocycles. The van der Waals surface area contributed by atoms with Gasteiger partial charge in [0.2, 0.25) is 0 Å². The Morgan fingerprint density at radius 2 is 1.75 bits per heavy atom. The van der Waals surface area contributed by atoms with E-state index in [0.29, 0.717) is 0 Å². The van der Waals surface area contributed by atoms with Crippen molar-refractivity contribution in [3.05, 3.63) is 14.8 Å². The quantitative estimate of drug-likeness (QED) is 0.718. The first kappa shape index (κ1) is 10.3. The van der Waals surface area contributed by atoms with Gasteiger partial charge in [0.05, 0.1) is 10.2 Å². The number of rotatable bonds is 0. The molecule has 2 nitrogen and oxygen atoms in total. The lowest BCUT2D eigenvalue weighted by molar-refractivity contribution is 0.520. The van der Waals surface area contributed by atoms with E-state index in [1.165, 1.54) is 5.69 Å². The van der Waals surface area contributed by atoms with Crippen molar-refractivity contribution in [2.45, 2.75) is 26.2 Å². The second-order valence-corrected chi connectivity index (χ2v) is 5.37. The average Bonchev–Trinajstić information content (AvgIpc) is 2.05. The number of halogens is 2. The van der Waals surface area contributed by atoms with Gasteiger partial charge in [0.25, 0.3) is 0 Å². The highest BCUT2D eigenvalue weighted by molar-refractivity contribution is 9.13. The second kappa shape index (κ2) is 3.14. The van der Waals surface area contributed by atoms with Gasteiger partial charge in [0.15, 0.2) is 0 Å². The minimum atomic E-state index is 0.118. The normalized spacial score (nSPS) is 12.2. The smallest absolute Gasteiger partial charge is 0.142 e. The molecule has 4 heteroatoms. The largest absolute Gasteiger partial charge is 0.270 e. The highest BCUT2D eigenvalue weighted by Crippen LogP contribution is 2.33. The highest BCUT2D eigenvalue weighted by atomic mass is 79.9. The van der Waals surface area contributed by atoms with E-state index in [-0.39, 0.29) is 5.41 Å². The average molecular weight is 296 g/mol. The van der Waals surface area contributed by atoms with Crippen LogP contribution in [0.25, 0.3) is 0 Å². The van der Waals surface area contributed by atoms with Crippen LogP contribution < -0.4 is 0 Å². The molecule has 0 atom stereocenters. The van der Waals surface area contributed by atoms with E-state index in [1.807, 2.05) is 11.7 Å². The summed E-state index contributed by atoms with van der Waals surface area (Å²) in [7, 11) is 1.95. The standard InChI is InChI=1S/C8H12Br2N2/c1-8(2,3)6-5(9)7(10)11-12(6)4/h1-4H3. The van der Waals surface area contributed by atoms with Gasteiger partial charge in [-0.2, -0.15) is 5.10 Å². The Hall–Kier alpha value is 0.170. The van der Waals surface area contributed by atoms with Crippen LogP contribution in [0.2, 0.25) is 0 Å². The summed E-state index contributed by atoms with van der Waals surface area (Å²) in [6, 6.07) is 0. The van der Waals surface area contributed by atoms with Gasteiger partial charge in [-0.1, -0.05) is 20.8 Å². The van der Waals surface area contributed by atoms with Gasteiger partial charge in [-0.25, -0.2) is 0 Å². The number of nitrogens with zero attached hydrogens (tertiary/aromatic N) is 2. The molecule has 0 saturated heterocycles. The van der Waals surface area contributed by atoms with Crippen LogP contribution in [0.4, 0.5) is 0 Å². The summed E-state index contributed by atoms with van der Waals surface area (Å²) in [6.45, 7) is 6.50. The SMILES string of the molecule is Cn1nc(Br)c(Br)c1C(C)(C)C. The maximum absolute atomic E-state index is 4.26. The van der Waals surface area contributed by atoms with Gasteiger partial charge in [0, 0.05) is 12.5 Å². The fourth-order valence-corrected chi connectivity index (χ4v) is 2.64. The zero-order valence-corrected chi connectivity index (χ0v) is 10.8. The summed E-state index contributed by atoms with van der Waals surface area (Å²) in [6.07, 6.45) is 0. The van der Waals surface area contributed by atoms with Crippen LogP contribution in [-0.2, 0) is 12.5 Å². The van der Waals surface area contributed by atoms with Gasteiger partial charge in [-0.3, -0.25) is 4.68 Å². The summed E-state index contributed by atoms with van der Waals surface area (Å²) in [5.41, 5.74) is 1.32. The van der Waals surface area contributed by atoms with Gasteiger partial charge >= 0.3 is 0 Å². The van der Waals surface area contributed by atoms with Gasteiger partial charge in [-0.15, -0.1) is 0 Å². The minimum absolute atomic E-state index is 0.118. The van der Waals surface area contributed by atoms with Crippen molar-refractivity contribution in [3.63, 3.8) is 0 Å². The van der Waals surface area contributed by atoms with Gasteiger partial charge in [0.1, 0.15) is 4.60 Å². The molecule has 0 aliphatic rings. The zero-order valence-electron chi connectivity index (χ0n) is 7.65. The van der Waals surface area contributed by atoms with E-state index in [0.717, 1.165) is 9.08 Å². The van der Waals surface area contributed by atoms with Crippen LogP contribution >= 0.6 is 31.9 Å². The predicted octanol–water partition coefficient (Wildman–Crippen LogP) is 3.24. The molecule has 1 heterocycles. The minimum Gasteiger partial charge on any atom is -0.270 e. The summed E-state index contributed by atoms with van der Waals surface area (Å²) < 4.78 is 3.82. The summed E-state index contributed by atoms with van der Waals surface area (Å²) in [4.78, 5) is 0. The molecule has 1 rings (SSSR count). The van der Waals surface area contributed by atoms with Crippen molar-refractivity contribution in [1.29, 1.82) is 0 Å². The molecule has 0 aliphatic heterocycles. The lowest BCUT2D eigenvalue weighted by Crippen LogP contribution is -2.16. The van der Waals surface area contributed by atoms with Crippen molar-refractivity contribution in [3.8, 4) is 0 Å². The fraction of sp³-hybridized carbons (Fsp3) is 0.625. The monoisotopic (exact) mass is 294 g/mol. The number of aromatic nitrogens is 2. The Morgan fingerprint density at radius 1 is 1.25 bits per heavy atom. The molecule has 68 valence electrons. The maximum Gasteiger partial charge on any atom is 0.142 e. The Morgan fingerprint density at radius 3 is 1.92 bits per heavy atom. The van der Waals surface area contributed by atoms with E-state index in [1.54, 1.807) is 0 Å². The van der Waals surface area contributed by atoms with E-state index < -0.39 is 0 Å². The molecule has 0 bridgehead atoms. The first-order chi connectivity index (χ1) is 5.34. The lowest BCUT2D eigenvalue weighted by Gasteiger charge is -2.19. The van der Waals surface area contributed by atoms with Crippen LogP contribution in [0, 0.1) is 0 Å². The van der Waals surface area contributed by atoms with Crippen molar-refractivity contribution < 1.29 is 0 Å². The first-order valence-electron chi connectivity index (χ1n) is 3.72. The molecule has 0 radical (unpaired) electrons. The van der Waals surface area contributed by atoms with Crippen molar-refractivity contribution in [1.82, 2.24) is 9.78 Å². The molecule has 0 N–H and O–H groups in total. The van der Waals surface area contributed by atoms with Crippen LogP contribution in [0.1, 0.15) is 26.5 Å². The van der Waals surface area contributed by atoms with Crippen LogP contribution in [0.3, 0.4) is 0 Å². The number of hydrogen-bond acceptors (Lipinski definition) is 1. The topological polar surface area (TPSA) is 17.8 Å². The Bertz CT molecular complexity index is 297. The molecular weight excluding hydrogens is 284 g/mol. The molecule has 0 aromatic carbocycles. The number of hydrogen-bond donors (Lipinski definition) is 0. The third-order valence-electron chi connectivity index (χ3n) is 1.66. The van der Waals surface area contributed by atoms with Gasteiger partial charge < -0.3 is 0 Å². The summed E-state index contributed by atoms with van der Waals surface area (Å²) >= 11 is 6.89. The van der Waals surface area contributed by atoms with Crippen LogP contribution in [-0.4, -0.2) is 9.78 Å². The molecular formula is C8H12Br2N2. The highest BCUT2D eigenvalue weighted by Gasteiger charge is 2.23.